The van der Waals surface area contributed by atoms with Crippen LogP contribution in [0.15, 0.2) is 18.2 Å². The number of carbonyl (C=O) groups is 1. The lowest BCUT2D eigenvalue weighted by Crippen LogP contribution is -2.41. The van der Waals surface area contributed by atoms with Crippen LogP contribution in [0.4, 0.5) is 4.39 Å². The average molecular weight is 259 g/mol. The van der Waals surface area contributed by atoms with E-state index in [1.54, 1.807) is 33.2 Å². The van der Waals surface area contributed by atoms with Crippen molar-refractivity contribution >= 4 is 17.5 Å². The van der Waals surface area contributed by atoms with Crippen LogP contribution in [0.3, 0.4) is 0 Å². The number of nitrogens with zero attached hydrogens (tertiary/aromatic N) is 1. The number of hydrogen-bond donors (Lipinski definition) is 1. The fourth-order valence-corrected chi connectivity index (χ4v) is 1.62. The molecule has 0 aliphatic carbocycles. The molecule has 0 aliphatic heterocycles. The third-order valence-corrected chi connectivity index (χ3v) is 2.86. The first-order chi connectivity index (χ1) is 7.93. The Balaban J connectivity index is 2.62. The summed E-state index contributed by atoms with van der Waals surface area (Å²) in [5.74, 6) is -0.477. The first-order valence-electron chi connectivity index (χ1n) is 5.31. The minimum absolute atomic E-state index is 0.0301. The van der Waals surface area contributed by atoms with Gasteiger partial charge >= 0.3 is 0 Å². The van der Waals surface area contributed by atoms with Crippen LogP contribution >= 0.6 is 11.6 Å². The average Bonchev–Trinajstić information content (AvgIpc) is 2.29. The number of rotatable bonds is 4. The number of benzene rings is 1. The lowest BCUT2D eigenvalue weighted by molar-refractivity contribution is -0.130. The van der Waals surface area contributed by atoms with Crippen molar-refractivity contribution in [2.45, 2.75) is 19.5 Å². The minimum Gasteiger partial charge on any atom is -0.347 e. The summed E-state index contributed by atoms with van der Waals surface area (Å²) in [7, 11) is 3.38. The van der Waals surface area contributed by atoms with Gasteiger partial charge in [-0.2, -0.15) is 0 Å². The van der Waals surface area contributed by atoms with Crippen molar-refractivity contribution in [2.24, 2.45) is 0 Å². The molecule has 1 unspecified atom stereocenters. The van der Waals surface area contributed by atoms with E-state index in [0.29, 0.717) is 12.1 Å². The fraction of sp³-hybridized carbons (Fsp3) is 0.417. The van der Waals surface area contributed by atoms with Gasteiger partial charge in [0.05, 0.1) is 11.1 Å². The van der Waals surface area contributed by atoms with Crippen LogP contribution < -0.4 is 5.32 Å². The Morgan fingerprint density at radius 2 is 2.18 bits per heavy atom. The molecule has 94 valence electrons. The molecule has 0 saturated heterocycles. The first kappa shape index (κ1) is 13.9. The number of halogens is 2. The predicted octanol–water partition coefficient (Wildman–Crippen LogP) is 2.05. The molecule has 1 aromatic rings. The van der Waals surface area contributed by atoms with Crippen molar-refractivity contribution in [3.63, 3.8) is 0 Å². The summed E-state index contributed by atoms with van der Waals surface area (Å²) in [6, 6.07) is 4.30. The molecule has 5 heteroatoms. The molecule has 1 aromatic carbocycles. The summed E-state index contributed by atoms with van der Waals surface area (Å²) in [6.45, 7) is 2.12. The Bertz CT molecular complexity index is 409. The van der Waals surface area contributed by atoms with E-state index in [2.05, 4.69) is 5.32 Å². The van der Waals surface area contributed by atoms with E-state index in [9.17, 15) is 9.18 Å². The molecule has 1 rings (SSSR count). The van der Waals surface area contributed by atoms with Crippen molar-refractivity contribution in [3.8, 4) is 0 Å². The van der Waals surface area contributed by atoms with E-state index in [0.717, 1.165) is 0 Å². The van der Waals surface area contributed by atoms with Crippen LogP contribution in [0.5, 0.6) is 0 Å². The molecular weight excluding hydrogens is 243 g/mol. The summed E-state index contributed by atoms with van der Waals surface area (Å²) >= 11 is 5.81. The second kappa shape index (κ2) is 5.98. The molecule has 1 atom stereocenters. The van der Waals surface area contributed by atoms with Crippen LogP contribution in [0.1, 0.15) is 12.5 Å². The second-order valence-electron chi connectivity index (χ2n) is 4.05. The van der Waals surface area contributed by atoms with E-state index in [1.165, 1.54) is 11.0 Å². The van der Waals surface area contributed by atoms with Crippen LogP contribution in [0, 0.1) is 5.82 Å². The fourth-order valence-electron chi connectivity index (χ4n) is 1.42. The summed E-state index contributed by atoms with van der Waals surface area (Å²) < 4.78 is 13.2. The largest absolute Gasteiger partial charge is 0.347 e. The molecule has 0 aromatic heterocycles. The maximum Gasteiger partial charge on any atom is 0.238 e. The minimum atomic E-state index is -0.447. The van der Waals surface area contributed by atoms with Crippen molar-refractivity contribution in [1.82, 2.24) is 10.2 Å². The zero-order chi connectivity index (χ0) is 13.0. The molecule has 1 N–H and O–H groups in total. The van der Waals surface area contributed by atoms with Crippen molar-refractivity contribution in [1.29, 1.82) is 0 Å². The number of hydrogen-bond acceptors (Lipinski definition) is 2. The SMILES string of the molecule is CC(NCc1cccc(F)c1Cl)C(=O)N(C)C. The van der Waals surface area contributed by atoms with Gasteiger partial charge in [-0.1, -0.05) is 23.7 Å². The van der Waals surface area contributed by atoms with Crippen LogP contribution in [0.25, 0.3) is 0 Å². The Hall–Kier alpha value is -1.13. The topological polar surface area (TPSA) is 32.3 Å². The van der Waals surface area contributed by atoms with Crippen LogP contribution in [0.2, 0.25) is 5.02 Å². The lowest BCUT2D eigenvalue weighted by Gasteiger charge is -2.18. The molecule has 0 radical (unpaired) electrons. The van der Waals surface area contributed by atoms with Gasteiger partial charge < -0.3 is 10.2 Å². The highest BCUT2D eigenvalue weighted by molar-refractivity contribution is 6.31. The zero-order valence-corrected chi connectivity index (χ0v) is 10.9. The predicted molar refractivity (Wildman–Crippen MR) is 66.4 cm³/mol. The number of nitrogens with one attached hydrogen (secondary N) is 1. The number of likely N-dealkylation sites (N-methyl/N-ethyl adjacent to an activating group) is 1. The molecule has 0 bridgehead atoms. The summed E-state index contributed by atoms with van der Waals surface area (Å²) in [5, 5.41) is 3.11. The second-order valence-corrected chi connectivity index (χ2v) is 4.43. The van der Waals surface area contributed by atoms with Crippen molar-refractivity contribution in [2.75, 3.05) is 14.1 Å². The van der Waals surface area contributed by atoms with E-state index in [4.69, 9.17) is 11.6 Å². The number of carbonyl (C=O) groups excluding carboxylic acids is 1. The molecular formula is C12H16ClFN2O. The van der Waals surface area contributed by atoms with Crippen molar-refractivity contribution < 1.29 is 9.18 Å². The van der Waals surface area contributed by atoms with Gasteiger partial charge in [0.25, 0.3) is 0 Å². The summed E-state index contributed by atoms with van der Waals surface area (Å²) in [4.78, 5) is 13.1. The van der Waals surface area contributed by atoms with Gasteiger partial charge in [-0.05, 0) is 18.6 Å². The van der Waals surface area contributed by atoms with Gasteiger partial charge in [0, 0.05) is 20.6 Å². The van der Waals surface area contributed by atoms with E-state index < -0.39 is 5.82 Å². The molecule has 0 heterocycles. The summed E-state index contributed by atoms with van der Waals surface area (Å²) in [6.07, 6.45) is 0. The highest BCUT2D eigenvalue weighted by atomic mass is 35.5. The highest BCUT2D eigenvalue weighted by Gasteiger charge is 2.14. The first-order valence-corrected chi connectivity index (χ1v) is 5.68. The normalized spacial score (nSPS) is 12.3. The van der Waals surface area contributed by atoms with Crippen molar-refractivity contribution in [3.05, 3.63) is 34.6 Å². The van der Waals surface area contributed by atoms with Gasteiger partial charge in [-0.3, -0.25) is 4.79 Å². The number of amides is 1. The monoisotopic (exact) mass is 258 g/mol. The maximum atomic E-state index is 13.2. The Morgan fingerprint density at radius 1 is 1.53 bits per heavy atom. The highest BCUT2D eigenvalue weighted by Crippen LogP contribution is 2.19. The third kappa shape index (κ3) is 3.68. The van der Waals surface area contributed by atoms with E-state index >= 15 is 0 Å². The lowest BCUT2D eigenvalue weighted by atomic mass is 10.2. The Kier molecular flexibility index (Phi) is 4.90. The van der Waals surface area contributed by atoms with Crippen LogP contribution in [-0.2, 0) is 11.3 Å². The molecule has 0 spiro atoms. The Morgan fingerprint density at radius 3 is 2.76 bits per heavy atom. The molecule has 1 amide bonds. The van der Waals surface area contributed by atoms with Gasteiger partial charge in [0.1, 0.15) is 5.82 Å². The van der Waals surface area contributed by atoms with Gasteiger partial charge in [-0.15, -0.1) is 0 Å². The van der Waals surface area contributed by atoms with Gasteiger partial charge in [-0.25, -0.2) is 4.39 Å². The molecule has 3 nitrogen and oxygen atoms in total. The molecule has 0 aliphatic rings. The summed E-state index contributed by atoms with van der Waals surface area (Å²) in [5.41, 5.74) is 0.644. The third-order valence-electron chi connectivity index (χ3n) is 2.44. The zero-order valence-electron chi connectivity index (χ0n) is 10.1. The molecule has 17 heavy (non-hydrogen) atoms. The van der Waals surface area contributed by atoms with Gasteiger partial charge in [0.15, 0.2) is 0 Å². The maximum absolute atomic E-state index is 13.2. The Labute approximate surface area is 106 Å². The van der Waals surface area contributed by atoms with Gasteiger partial charge in [0.2, 0.25) is 5.91 Å². The molecule has 0 fully saturated rings. The van der Waals surface area contributed by atoms with E-state index in [1.807, 2.05) is 0 Å². The van der Waals surface area contributed by atoms with E-state index in [-0.39, 0.29) is 17.0 Å². The molecule has 0 saturated carbocycles. The standard InChI is InChI=1S/C12H16ClFN2O/c1-8(12(17)16(2)3)15-7-9-5-4-6-10(14)11(9)13/h4-6,8,15H,7H2,1-3H3. The smallest absolute Gasteiger partial charge is 0.238 e. The van der Waals surface area contributed by atoms with Crippen LogP contribution in [-0.4, -0.2) is 30.9 Å². The quantitative estimate of drug-likeness (QED) is 0.897.